The van der Waals surface area contributed by atoms with E-state index in [9.17, 15) is 0 Å². The van der Waals surface area contributed by atoms with Crippen molar-refractivity contribution in [2.75, 3.05) is 0 Å². The van der Waals surface area contributed by atoms with Gasteiger partial charge in [0.05, 0.1) is 3.79 Å². The number of rotatable bonds is 3. The Morgan fingerprint density at radius 2 is 2.53 bits per heavy atom. The number of aryl methyl sites for hydroxylation is 1. The Kier molecular flexibility index (Phi) is 3.65. The predicted octanol–water partition coefficient (Wildman–Crippen LogP) is 4.05. The van der Waals surface area contributed by atoms with Crippen LogP contribution in [0, 0.1) is 0 Å². The monoisotopic (exact) mass is 285 g/mol. The summed E-state index contributed by atoms with van der Waals surface area (Å²) in [7, 11) is 0. The number of halogens is 1. The highest BCUT2D eigenvalue weighted by molar-refractivity contribution is 9.11. The molecule has 82 valence electrons. The van der Waals surface area contributed by atoms with E-state index in [-0.39, 0.29) is 0 Å². The lowest BCUT2D eigenvalue weighted by molar-refractivity contribution is 0.443. The first-order chi connectivity index (χ1) is 7.20. The van der Waals surface area contributed by atoms with E-state index in [0.717, 1.165) is 0 Å². The molecule has 15 heavy (non-hydrogen) atoms. The van der Waals surface area contributed by atoms with Gasteiger partial charge in [0.25, 0.3) is 0 Å². The van der Waals surface area contributed by atoms with Gasteiger partial charge in [0.2, 0.25) is 0 Å². The third kappa shape index (κ3) is 2.52. The quantitative estimate of drug-likeness (QED) is 0.826. The molecule has 1 aliphatic rings. The third-order valence-corrected chi connectivity index (χ3v) is 4.61. The van der Waals surface area contributed by atoms with Crippen LogP contribution < -0.4 is 5.32 Å². The molecule has 2 rings (SSSR count). The van der Waals surface area contributed by atoms with Crippen LogP contribution in [0.3, 0.4) is 0 Å². The Morgan fingerprint density at radius 1 is 1.73 bits per heavy atom. The van der Waals surface area contributed by atoms with Crippen molar-refractivity contribution in [1.29, 1.82) is 0 Å². The molecule has 0 bridgehead atoms. The summed E-state index contributed by atoms with van der Waals surface area (Å²) >= 11 is 5.45. The molecular weight excluding hydrogens is 270 g/mol. The summed E-state index contributed by atoms with van der Waals surface area (Å²) in [6.07, 6.45) is 5.75. The molecule has 1 heterocycles. The summed E-state index contributed by atoms with van der Waals surface area (Å²) in [5.74, 6) is 0. The molecule has 0 aromatic carbocycles. The summed E-state index contributed by atoms with van der Waals surface area (Å²) in [6.45, 7) is 5.97. The van der Waals surface area contributed by atoms with E-state index in [4.69, 9.17) is 0 Å². The van der Waals surface area contributed by atoms with Crippen molar-refractivity contribution in [2.24, 2.45) is 0 Å². The van der Waals surface area contributed by atoms with Gasteiger partial charge in [-0.2, -0.15) is 0 Å². The molecule has 1 N–H and O–H groups in total. The fourth-order valence-corrected chi connectivity index (χ4v) is 3.90. The lowest BCUT2D eigenvalue weighted by Crippen LogP contribution is -2.30. The molecular formula is C12H16BrNS. The third-order valence-electron chi connectivity index (χ3n) is 2.90. The van der Waals surface area contributed by atoms with Crippen molar-refractivity contribution in [1.82, 2.24) is 5.32 Å². The van der Waals surface area contributed by atoms with Gasteiger partial charge in [-0.15, -0.1) is 17.9 Å². The first-order valence-electron chi connectivity index (χ1n) is 5.37. The van der Waals surface area contributed by atoms with E-state index in [1.807, 2.05) is 17.4 Å². The Labute approximate surface area is 104 Å². The Bertz CT molecular complexity index is 359. The Morgan fingerprint density at radius 3 is 3.27 bits per heavy atom. The zero-order valence-electron chi connectivity index (χ0n) is 8.92. The molecule has 3 heteroatoms. The molecule has 0 fully saturated rings. The van der Waals surface area contributed by atoms with Crippen molar-refractivity contribution in [3.63, 3.8) is 0 Å². The highest BCUT2D eigenvalue weighted by atomic mass is 79.9. The number of nitrogens with one attached hydrogen (secondary N) is 1. The second kappa shape index (κ2) is 4.81. The van der Waals surface area contributed by atoms with Crippen LogP contribution in [0.5, 0.6) is 0 Å². The first kappa shape index (κ1) is 11.4. The van der Waals surface area contributed by atoms with E-state index in [1.54, 1.807) is 4.88 Å². The molecule has 0 aliphatic heterocycles. The van der Waals surface area contributed by atoms with Gasteiger partial charge >= 0.3 is 0 Å². The predicted molar refractivity (Wildman–Crippen MR) is 70.5 cm³/mol. The summed E-state index contributed by atoms with van der Waals surface area (Å²) in [5, 5.41) is 3.61. The highest BCUT2D eigenvalue weighted by Gasteiger charge is 2.22. The van der Waals surface area contributed by atoms with Crippen molar-refractivity contribution in [3.8, 4) is 0 Å². The van der Waals surface area contributed by atoms with Crippen LogP contribution in [0.25, 0.3) is 0 Å². The van der Waals surface area contributed by atoms with Crippen molar-refractivity contribution < 1.29 is 0 Å². The lowest BCUT2D eigenvalue weighted by Gasteiger charge is -2.25. The molecule has 1 nitrogen and oxygen atoms in total. The average Bonchev–Trinajstić information content (AvgIpc) is 2.59. The molecule has 0 saturated heterocycles. The minimum absolute atomic E-state index is 0.389. The zero-order chi connectivity index (χ0) is 10.8. The van der Waals surface area contributed by atoms with E-state index in [1.165, 1.54) is 28.6 Å². The SMILES string of the molecule is C=CC(C)NC1CCCc2sc(Br)cc21. The maximum Gasteiger partial charge on any atom is 0.0704 e. The molecule has 1 aromatic heterocycles. The lowest BCUT2D eigenvalue weighted by atomic mass is 9.93. The van der Waals surface area contributed by atoms with Gasteiger partial charge in [-0.25, -0.2) is 0 Å². The van der Waals surface area contributed by atoms with Gasteiger partial charge in [0.1, 0.15) is 0 Å². The van der Waals surface area contributed by atoms with Gasteiger partial charge in [-0.1, -0.05) is 6.08 Å². The van der Waals surface area contributed by atoms with Crippen LogP contribution in [-0.4, -0.2) is 6.04 Å². The van der Waals surface area contributed by atoms with Crippen LogP contribution in [0.15, 0.2) is 22.5 Å². The Hall–Kier alpha value is -0.120. The second-order valence-corrected chi connectivity index (χ2v) is 6.58. The van der Waals surface area contributed by atoms with E-state index >= 15 is 0 Å². The molecule has 0 amide bonds. The molecule has 2 atom stereocenters. The molecule has 2 unspecified atom stereocenters. The highest BCUT2D eigenvalue weighted by Crippen LogP contribution is 2.38. The minimum Gasteiger partial charge on any atom is -0.304 e. The molecule has 0 spiro atoms. The van der Waals surface area contributed by atoms with Gasteiger partial charge in [0, 0.05) is 17.0 Å². The smallest absolute Gasteiger partial charge is 0.0704 e. The largest absolute Gasteiger partial charge is 0.304 e. The van der Waals surface area contributed by atoms with Gasteiger partial charge in [-0.05, 0) is 53.7 Å². The van der Waals surface area contributed by atoms with E-state index in [2.05, 4.69) is 40.8 Å². The summed E-state index contributed by atoms with van der Waals surface area (Å²) in [4.78, 5) is 1.54. The summed E-state index contributed by atoms with van der Waals surface area (Å²) in [6, 6.07) is 3.18. The summed E-state index contributed by atoms with van der Waals surface area (Å²) in [5.41, 5.74) is 1.49. The molecule has 1 aliphatic carbocycles. The number of fused-ring (bicyclic) bond motifs is 1. The van der Waals surface area contributed by atoms with Crippen LogP contribution in [0.1, 0.15) is 36.2 Å². The Balaban J connectivity index is 2.18. The van der Waals surface area contributed by atoms with Crippen LogP contribution in [0.4, 0.5) is 0 Å². The first-order valence-corrected chi connectivity index (χ1v) is 6.98. The topological polar surface area (TPSA) is 12.0 Å². The van der Waals surface area contributed by atoms with Crippen molar-refractivity contribution in [3.05, 3.63) is 32.9 Å². The van der Waals surface area contributed by atoms with Crippen LogP contribution >= 0.6 is 27.3 Å². The van der Waals surface area contributed by atoms with Crippen LogP contribution in [-0.2, 0) is 6.42 Å². The fourth-order valence-electron chi connectivity index (χ4n) is 2.08. The van der Waals surface area contributed by atoms with Gasteiger partial charge in [0.15, 0.2) is 0 Å². The van der Waals surface area contributed by atoms with Crippen LogP contribution in [0.2, 0.25) is 0 Å². The summed E-state index contributed by atoms with van der Waals surface area (Å²) < 4.78 is 1.26. The molecule has 0 saturated carbocycles. The zero-order valence-corrected chi connectivity index (χ0v) is 11.3. The van der Waals surface area contributed by atoms with Crippen molar-refractivity contribution in [2.45, 2.75) is 38.3 Å². The number of hydrogen-bond donors (Lipinski definition) is 1. The van der Waals surface area contributed by atoms with Gasteiger partial charge < -0.3 is 5.32 Å². The minimum atomic E-state index is 0.389. The van der Waals surface area contributed by atoms with Crippen molar-refractivity contribution >= 4 is 27.3 Å². The van der Waals surface area contributed by atoms with E-state index < -0.39 is 0 Å². The molecule has 1 aromatic rings. The maximum atomic E-state index is 3.82. The molecule has 0 radical (unpaired) electrons. The fraction of sp³-hybridized carbons (Fsp3) is 0.500. The number of hydrogen-bond acceptors (Lipinski definition) is 2. The van der Waals surface area contributed by atoms with Gasteiger partial charge in [-0.3, -0.25) is 0 Å². The maximum absolute atomic E-state index is 3.82. The average molecular weight is 286 g/mol. The normalized spacial score (nSPS) is 22.1. The standard InChI is InChI=1S/C12H16BrNS/c1-3-8(2)14-10-5-4-6-11-9(10)7-12(13)15-11/h3,7-8,10,14H,1,4-6H2,2H3. The second-order valence-electron chi connectivity index (χ2n) is 4.06. The van der Waals surface area contributed by atoms with E-state index in [0.29, 0.717) is 12.1 Å². The number of thiophene rings is 1.